The second-order valence-corrected chi connectivity index (χ2v) is 9.40. The Morgan fingerprint density at radius 3 is 2.45 bits per heavy atom. The van der Waals surface area contributed by atoms with E-state index in [1.165, 1.54) is 36.7 Å². The van der Waals surface area contributed by atoms with E-state index in [0.717, 1.165) is 0 Å². The van der Waals surface area contributed by atoms with Gasteiger partial charge in [0.25, 0.3) is 0 Å². The van der Waals surface area contributed by atoms with Crippen molar-refractivity contribution in [3.05, 3.63) is 41.4 Å². The lowest BCUT2D eigenvalue weighted by molar-refractivity contribution is -0.120. The minimum Gasteiger partial charge on any atom is -0.497 e. The number of sulfonamides is 1. The van der Waals surface area contributed by atoms with Crippen molar-refractivity contribution in [2.75, 3.05) is 39.7 Å². The summed E-state index contributed by atoms with van der Waals surface area (Å²) in [7, 11) is 0.702. The van der Waals surface area contributed by atoms with Crippen molar-refractivity contribution in [3.63, 3.8) is 0 Å². The first-order chi connectivity index (χ1) is 14.8. The van der Waals surface area contributed by atoms with Crippen LogP contribution in [0.25, 0.3) is 0 Å². The smallest absolute Gasteiger partial charge is 0.243 e. The molecule has 10 heteroatoms. The molecule has 31 heavy (non-hydrogen) atoms. The van der Waals surface area contributed by atoms with E-state index in [-0.39, 0.29) is 22.4 Å². The molecule has 2 aromatic rings. The fraction of sp³-hybridized carbons (Fsp3) is 0.381. The standard InChI is InChI=1S/C21H25ClN2O6S/c1-28-15-6-8-18(20(11-15)30-3)23-21(25)14-5-4-10-24(13-14)31(26,27)16-7-9-19(29-2)17(22)12-16/h6-9,11-12,14H,4-5,10,13H2,1-3H3,(H,23,25)/t14-/m1/s1. The van der Waals surface area contributed by atoms with Gasteiger partial charge in [0.2, 0.25) is 15.9 Å². The molecular weight excluding hydrogens is 444 g/mol. The van der Waals surface area contributed by atoms with Crippen LogP contribution >= 0.6 is 11.6 Å². The molecule has 0 aromatic heterocycles. The summed E-state index contributed by atoms with van der Waals surface area (Å²) in [4.78, 5) is 12.9. The highest BCUT2D eigenvalue weighted by atomic mass is 35.5. The van der Waals surface area contributed by atoms with E-state index in [4.69, 9.17) is 25.8 Å². The van der Waals surface area contributed by atoms with E-state index in [1.807, 2.05) is 0 Å². The fourth-order valence-corrected chi connectivity index (χ4v) is 5.34. The quantitative estimate of drug-likeness (QED) is 0.669. The molecule has 1 saturated heterocycles. The van der Waals surface area contributed by atoms with Gasteiger partial charge in [0, 0.05) is 19.2 Å². The number of ether oxygens (including phenoxy) is 3. The van der Waals surface area contributed by atoms with Crippen molar-refractivity contribution < 1.29 is 27.4 Å². The molecule has 1 aliphatic rings. The normalized spacial score (nSPS) is 17.1. The van der Waals surface area contributed by atoms with E-state index in [0.29, 0.717) is 42.3 Å². The largest absolute Gasteiger partial charge is 0.497 e. The van der Waals surface area contributed by atoms with Crippen LogP contribution in [0.3, 0.4) is 0 Å². The summed E-state index contributed by atoms with van der Waals surface area (Å²) >= 11 is 6.10. The zero-order valence-electron chi connectivity index (χ0n) is 17.6. The van der Waals surface area contributed by atoms with E-state index >= 15 is 0 Å². The van der Waals surface area contributed by atoms with Crippen molar-refractivity contribution >= 4 is 33.2 Å². The molecular formula is C21H25ClN2O6S. The van der Waals surface area contributed by atoms with Crippen molar-refractivity contribution in [1.82, 2.24) is 4.31 Å². The number of piperidine rings is 1. The number of nitrogens with one attached hydrogen (secondary N) is 1. The lowest BCUT2D eigenvalue weighted by Crippen LogP contribution is -2.43. The van der Waals surface area contributed by atoms with Gasteiger partial charge in [-0.2, -0.15) is 4.31 Å². The van der Waals surface area contributed by atoms with Gasteiger partial charge in [-0.1, -0.05) is 11.6 Å². The van der Waals surface area contributed by atoms with Crippen LogP contribution in [0.15, 0.2) is 41.3 Å². The topological polar surface area (TPSA) is 94.2 Å². The van der Waals surface area contributed by atoms with Crippen LogP contribution < -0.4 is 19.5 Å². The van der Waals surface area contributed by atoms with Gasteiger partial charge in [-0.05, 0) is 43.2 Å². The molecule has 0 aliphatic carbocycles. The third-order valence-electron chi connectivity index (χ3n) is 5.18. The molecule has 1 fully saturated rings. The summed E-state index contributed by atoms with van der Waals surface area (Å²) in [6.07, 6.45) is 1.15. The maximum atomic E-state index is 13.1. The highest BCUT2D eigenvalue weighted by molar-refractivity contribution is 7.89. The molecule has 0 radical (unpaired) electrons. The van der Waals surface area contributed by atoms with E-state index < -0.39 is 15.9 Å². The predicted molar refractivity (Wildman–Crippen MR) is 118 cm³/mol. The Kier molecular flexibility index (Phi) is 7.30. The Hall–Kier alpha value is -2.49. The summed E-state index contributed by atoms with van der Waals surface area (Å²) < 4.78 is 43.1. The maximum absolute atomic E-state index is 13.1. The van der Waals surface area contributed by atoms with Gasteiger partial charge in [-0.3, -0.25) is 4.79 Å². The first-order valence-electron chi connectivity index (χ1n) is 9.66. The number of carbonyl (C=O) groups excluding carboxylic acids is 1. The third-order valence-corrected chi connectivity index (χ3v) is 7.34. The lowest BCUT2D eigenvalue weighted by Gasteiger charge is -2.31. The van der Waals surface area contributed by atoms with Crippen LogP contribution in [0.2, 0.25) is 5.02 Å². The molecule has 0 bridgehead atoms. The average Bonchev–Trinajstić information content (AvgIpc) is 2.79. The summed E-state index contributed by atoms with van der Waals surface area (Å²) in [6.45, 7) is 0.415. The minimum absolute atomic E-state index is 0.0659. The molecule has 0 saturated carbocycles. The molecule has 1 heterocycles. The second kappa shape index (κ2) is 9.76. The number of hydrogen-bond donors (Lipinski definition) is 1. The van der Waals surface area contributed by atoms with Gasteiger partial charge < -0.3 is 19.5 Å². The van der Waals surface area contributed by atoms with Crippen LogP contribution in [0.1, 0.15) is 12.8 Å². The van der Waals surface area contributed by atoms with E-state index in [9.17, 15) is 13.2 Å². The van der Waals surface area contributed by atoms with Crippen molar-refractivity contribution in [2.45, 2.75) is 17.7 Å². The molecule has 1 aliphatic heterocycles. The average molecular weight is 469 g/mol. The SMILES string of the molecule is COc1ccc(NC(=O)[C@@H]2CCCN(S(=O)(=O)c3ccc(OC)c(Cl)c3)C2)c(OC)c1. The molecule has 8 nitrogen and oxygen atoms in total. The summed E-state index contributed by atoms with van der Waals surface area (Å²) in [5.74, 6) is 0.689. The molecule has 3 rings (SSSR count). The Morgan fingerprint density at radius 1 is 1.06 bits per heavy atom. The van der Waals surface area contributed by atoms with Crippen LogP contribution in [0.5, 0.6) is 17.2 Å². The minimum atomic E-state index is -3.80. The van der Waals surface area contributed by atoms with Gasteiger partial charge in [-0.25, -0.2) is 8.42 Å². The monoisotopic (exact) mass is 468 g/mol. The predicted octanol–water partition coefficient (Wildman–Crippen LogP) is 3.41. The number of hydrogen-bond acceptors (Lipinski definition) is 6. The molecule has 1 N–H and O–H groups in total. The Morgan fingerprint density at radius 2 is 1.81 bits per heavy atom. The van der Waals surface area contributed by atoms with Gasteiger partial charge in [-0.15, -0.1) is 0 Å². The fourth-order valence-electron chi connectivity index (χ4n) is 3.47. The van der Waals surface area contributed by atoms with Crippen LogP contribution in [0.4, 0.5) is 5.69 Å². The van der Waals surface area contributed by atoms with Gasteiger partial charge in [0.05, 0.1) is 42.9 Å². The van der Waals surface area contributed by atoms with Gasteiger partial charge >= 0.3 is 0 Å². The van der Waals surface area contributed by atoms with Crippen LogP contribution in [0, 0.1) is 5.92 Å². The number of anilines is 1. The number of benzene rings is 2. The summed E-state index contributed by atoms with van der Waals surface area (Å²) in [5, 5.41) is 3.05. The zero-order valence-corrected chi connectivity index (χ0v) is 19.1. The maximum Gasteiger partial charge on any atom is 0.243 e. The Bertz CT molecular complexity index is 1060. The molecule has 2 aromatic carbocycles. The van der Waals surface area contributed by atoms with Crippen molar-refractivity contribution in [1.29, 1.82) is 0 Å². The molecule has 1 atom stereocenters. The summed E-state index contributed by atoms with van der Waals surface area (Å²) in [6, 6.07) is 9.39. The molecule has 0 spiro atoms. The third kappa shape index (κ3) is 5.06. The first-order valence-corrected chi connectivity index (χ1v) is 11.5. The second-order valence-electron chi connectivity index (χ2n) is 7.05. The van der Waals surface area contributed by atoms with Crippen LogP contribution in [-0.2, 0) is 14.8 Å². The molecule has 1 amide bonds. The zero-order chi connectivity index (χ0) is 22.6. The summed E-state index contributed by atoms with van der Waals surface area (Å²) in [5.41, 5.74) is 0.496. The number of methoxy groups -OCH3 is 3. The number of nitrogens with zero attached hydrogens (tertiary/aromatic N) is 1. The Labute approximate surface area is 187 Å². The van der Waals surface area contributed by atoms with Gasteiger partial charge in [0.15, 0.2) is 0 Å². The number of carbonyl (C=O) groups is 1. The Balaban J connectivity index is 1.75. The first kappa shape index (κ1) is 23.2. The highest BCUT2D eigenvalue weighted by Crippen LogP contribution is 2.32. The van der Waals surface area contributed by atoms with Crippen molar-refractivity contribution in [3.8, 4) is 17.2 Å². The molecule has 0 unspecified atom stereocenters. The van der Waals surface area contributed by atoms with Gasteiger partial charge in [0.1, 0.15) is 17.2 Å². The number of halogens is 1. The van der Waals surface area contributed by atoms with E-state index in [2.05, 4.69) is 5.32 Å². The highest BCUT2D eigenvalue weighted by Gasteiger charge is 2.34. The van der Waals surface area contributed by atoms with E-state index in [1.54, 1.807) is 25.3 Å². The molecule has 168 valence electrons. The lowest BCUT2D eigenvalue weighted by atomic mass is 9.98. The number of rotatable bonds is 7. The van der Waals surface area contributed by atoms with Crippen LogP contribution in [-0.4, -0.2) is 53.0 Å². The number of amides is 1. The van der Waals surface area contributed by atoms with Crippen molar-refractivity contribution in [2.24, 2.45) is 5.92 Å².